The van der Waals surface area contributed by atoms with Gasteiger partial charge >= 0.3 is 5.97 Å². The van der Waals surface area contributed by atoms with E-state index in [1.165, 1.54) is 7.11 Å². The molecule has 0 unspecified atom stereocenters. The fourth-order valence-corrected chi connectivity index (χ4v) is 3.83. The third kappa shape index (κ3) is 2.88. The van der Waals surface area contributed by atoms with E-state index in [9.17, 15) is 9.59 Å². The van der Waals surface area contributed by atoms with Gasteiger partial charge in [-0.1, -0.05) is 34.6 Å². The van der Waals surface area contributed by atoms with E-state index < -0.39 is 17.5 Å². The van der Waals surface area contributed by atoms with Crippen molar-refractivity contribution in [1.29, 1.82) is 0 Å². The Kier molecular flexibility index (Phi) is 4.11. The quantitative estimate of drug-likeness (QED) is 0.441. The summed E-state index contributed by atoms with van der Waals surface area (Å²) in [5, 5.41) is 0. The van der Waals surface area contributed by atoms with Crippen molar-refractivity contribution in [2.75, 3.05) is 13.7 Å². The van der Waals surface area contributed by atoms with Gasteiger partial charge in [0.2, 0.25) is 5.91 Å². The number of likely N-dealkylation sites (tertiary alicyclic amines) is 1. The molecule has 7 nitrogen and oxygen atoms in total. The number of hydrogen-bond acceptors (Lipinski definition) is 4. The predicted molar refractivity (Wildman–Crippen MR) is 87.3 cm³/mol. The highest BCUT2D eigenvalue weighted by Crippen LogP contribution is 2.65. The number of methoxy groups -OCH3 is 1. The molecule has 1 heterocycles. The first-order valence-electron chi connectivity index (χ1n) is 7.90. The van der Waals surface area contributed by atoms with Crippen LogP contribution < -0.4 is 11.5 Å². The molecule has 4 atom stereocenters. The van der Waals surface area contributed by atoms with Crippen LogP contribution >= 0.6 is 0 Å². The van der Waals surface area contributed by atoms with E-state index in [0.29, 0.717) is 12.5 Å². The summed E-state index contributed by atoms with van der Waals surface area (Å²) in [6, 6.07) is -1.27. The number of carbonyl (C=O) groups is 2. The molecular formula is C16H28N4O3. The van der Waals surface area contributed by atoms with Gasteiger partial charge in [-0.25, -0.2) is 9.79 Å². The molecular weight excluding hydrogens is 296 g/mol. The van der Waals surface area contributed by atoms with Crippen LogP contribution in [0.1, 0.15) is 34.6 Å². The van der Waals surface area contributed by atoms with Gasteiger partial charge in [-0.2, -0.15) is 0 Å². The number of aliphatic imine (C=N–C) groups is 1. The van der Waals surface area contributed by atoms with Gasteiger partial charge < -0.3 is 21.1 Å². The number of esters is 1. The second-order valence-corrected chi connectivity index (χ2v) is 8.23. The van der Waals surface area contributed by atoms with E-state index in [0.717, 1.165) is 0 Å². The standard InChI is InChI=1S/C16H28N4O3/c1-15(2,3)11(19-14(17)18)12(21)20-7-8-9(16(8,4)5)10(20)13(22)23-6/h8-11H,7H2,1-6H3,(H4,17,18,19)/t8-,9-,10-,11+/m0/s1. The minimum absolute atomic E-state index is 0.0586. The van der Waals surface area contributed by atoms with E-state index in [1.807, 2.05) is 20.8 Å². The number of hydrogen-bond donors (Lipinski definition) is 2. The summed E-state index contributed by atoms with van der Waals surface area (Å²) in [6.45, 7) is 10.5. The first-order chi connectivity index (χ1) is 10.4. The molecule has 0 aromatic carbocycles. The topological polar surface area (TPSA) is 111 Å². The summed E-state index contributed by atoms with van der Waals surface area (Å²) < 4.78 is 4.93. The van der Waals surface area contributed by atoms with Crippen molar-refractivity contribution >= 4 is 17.8 Å². The Morgan fingerprint density at radius 1 is 1.30 bits per heavy atom. The molecule has 2 rings (SSSR count). The molecule has 2 aliphatic rings. The monoisotopic (exact) mass is 324 g/mol. The third-order valence-electron chi connectivity index (χ3n) is 5.27. The maximum atomic E-state index is 13.0. The highest BCUT2D eigenvalue weighted by molar-refractivity contribution is 5.91. The molecule has 23 heavy (non-hydrogen) atoms. The number of amides is 1. The Morgan fingerprint density at radius 3 is 2.30 bits per heavy atom. The molecule has 2 fully saturated rings. The number of ether oxygens (including phenoxy) is 1. The second-order valence-electron chi connectivity index (χ2n) is 8.23. The van der Waals surface area contributed by atoms with Gasteiger partial charge in [-0.3, -0.25) is 4.79 Å². The summed E-state index contributed by atoms with van der Waals surface area (Å²) in [4.78, 5) is 31.0. The highest BCUT2D eigenvalue weighted by Gasteiger charge is 2.70. The number of nitrogens with two attached hydrogens (primary N) is 2. The molecule has 130 valence electrons. The van der Waals surface area contributed by atoms with Gasteiger partial charge in [-0.05, 0) is 16.7 Å². The maximum absolute atomic E-state index is 13.0. The molecule has 4 N–H and O–H groups in total. The molecule has 0 aromatic rings. The summed E-state index contributed by atoms with van der Waals surface area (Å²) in [6.07, 6.45) is 0. The summed E-state index contributed by atoms with van der Waals surface area (Å²) >= 11 is 0. The SMILES string of the molecule is COC(=O)[C@@H]1[C@@H]2[C@H](CN1C(=O)[C@@H](N=C(N)N)C(C)(C)C)C2(C)C. The van der Waals surface area contributed by atoms with Crippen LogP contribution in [-0.4, -0.2) is 48.5 Å². The number of fused-ring (bicyclic) bond motifs is 1. The van der Waals surface area contributed by atoms with Gasteiger partial charge in [0.25, 0.3) is 0 Å². The first-order valence-corrected chi connectivity index (χ1v) is 7.90. The van der Waals surface area contributed by atoms with Crippen LogP contribution in [0, 0.1) is 22.7 Å². The first kappa shape index (κ1) is 17.6. The Morgan fingerprint density at radius 2 is 1.87 bits per heavy atom. The van der Waals surface area contributed by atoms with Crippen LogP contribution in [-0.2, 0) is 14.3 Å². The number of piperidine rings is 1. The Hall–Kier alpha value is -1.79. The van der Waals surface area contributed by atoms with Crippen molar-refractivity contribution in [3.63, 3.8) is 0 Å². The van der Waals surface area contributed by atoms with Crippen molar-refractivity contribution in [3.05, 3.63) is 0 Å². The number of guanidine groups is 1. The van der Waals surface area contributed by atoms with E-state index in [1.54, 1.807) is 4.90 Å². The lowest BCUT2D eigenvalue weighted by Crippen LogP contribution is -2.52. The van der Waals surface area contributed by atoms with Crippen molar-refractivity contribution in [3.8, 4) is 0 Å². The lowest BCUT2D eigenvalue weighted by molar-refractivity contribution is -0.154. The molecule has 1 saturated carbocycles. The fourth-order valence-electron chi connectivity index (χ4n) is 3.83. The van der Waals surface area contributed by atoms with Crippen LogP contribution in [0.5, 0.6) is 0 Å². The van der Waals surface area contributed by atoms with E-state index >= 15 is 0 Å². The van der Waals surface area contributed by atoms with Crippen molar-refractivity contribution in [1.82, 2.24) is 4.90 Å². The van der Waals surface area contributed by atoms with Crippen molar-refractivity contribution in [2.24, 2.45) is 39.1 Å². The minimum Gasteiger partial charge on any atom is -0.467 e. The second kappa shape index (κ2) is 5.39. The van der Waals surface area contributed by atoms with Crippen molar-refractivity contribution < 1.29 is 14.3 Å². The van der Waals surface area contributed by atoms with Crippen LogP contribution in [0.15, 0.2) is 4.99 Å². The zero-order chi connectivity index (χ0) is 17.7. The number of carbonyl (C=O) groups excluding carboxylic acids is 2. The molecule has 0 radical (unpaired) electrons. The predicted octanol–water partition coefficient (Wildman–Crippen LogP) is 0.331. The molecule has 1 aliphatic carbocycles. The average molecular weight is 324 g/mol. The fraction of sp³-hybridized carbons (Fsp3) is 0.812. The van der Waals surface area contributed by atoms with Gasteiger partial charge in [0.05, 0.1) is 7.11 Å². The van der Waals surface area contributed by atoms with Crippen LogP contribution in [0.3, 0.4) is 0 Å². The van der Waals surface area contributed by atoms with Gasteiger partial charge in [0, 0.05) is 12.5 Å². The number of rotatable bonds is 3. The Bertz CT molecular complexity index is 546. The summed E-state index contributed by atoms with van der Waals surface area (Å²) in [5.74, 6) is -0.259. The van der Waals surface area contributed by atoms with Gasteiger partial charge in [-0.15, -0.1) is 0 Å². The van der Waals surface area contributed by atoms with Crippen molar-refractivity contribution in [2.45, 2.75) is 46.7 Å². The van der Waals surface area contributed by atoms with Crippen LogP contribution in [0.2, 0.25) is 0 Å². The zero-order valence-corrected chi connectivity index (χ0v) is 14.8. The average Bonchev–Trinajstić information content (AvgIpc) is 2.80. The number of nitrogens with zero attached hydrogens (tertiary/aromatic N) is 2. The van der Waals surface area contributed by atoms with E-state index in [-0.39, 0.29) is 29.2 Å². The lowest BCUT2D eigenvalue weighted by Gasteiger charge is -2.35. The smallest absolute Gasteiger partial charge is 0.328 e. The maximum Gasteiger partial charge on any atom is 0.328 e. The zero-order valence-electron chi connectivity index (χ0n) is 14.8. The molecule has 1 aliphatic heterocycles. The van der Waals surface area contributed by atoms with Gasteiger partial charge in [0.1, 0.15) is 12.1 Å². The highest BCUT2D eigenvalue weighted by atomic mass is 16.5. The van der Waals surface area contributed by atoms with Crippen LogP contribution in [0.25, 0.3) is 0 Å². The van der Waals surface area contributed by atoms with Gasteiger partial charge in [0.15, 0.2) is 5.96 Å². The largest absolute Gasteiger partial charge is 0.467 e. The molecule has 0 spiro atoms. The Labute approximate surface area is 137 Å². The third-order valence-corrected chi connectivity index (χ3v) is 5.27. The summed E-state index contributed by atoms with van der Waals surface area (Å²) in [5.41, 5.74) is 10.6. The molecule has 1 amide bonds. The lowest BCUT2D eigenvalue weighted by atomic mass is 9.85. The minimum atomic E-state index is -0.722. The molecule has 0 bridgehead atoms. The van der Waals surface area contributed by atoms with E-state index in [4.69, 9.17) is 16.2 Å². The molecule has 7 heteroatoms. The Balaban J connectivity index is 2.31. The van der Waals surface area contributed by atoms with E-state index in [2.05, 4.69) is 18.8 Å². The molecule has 0 aromatic heterocycles. The normalized spacial score (nSPS) is 29.5. The summed E-state index contributed by atoms with van der Waals surface area (Å²) in [7, 11) is 1.35. The molecule has 1 saturated heterocycles. The van der Waals surface area contributed by atoms with Crippen LogP contribution in [0.4, 0.5) is 0 Å².